The molecule has 2 aromatic carbocycles. The second kappa shape index (κ2) is 7.47. The quantitative estimate of drug-likeness (QED) is 0.680. The minimum atomic E-state index is -0.342. The van der Waals surface area contributed by atoms with Crippen LogP contribution in [0.15, 0.2) is 47.6 Å². The number of ether oxygens (including phenoxy) is 2. The molecule has 0 unspecified atom stereocenters. The van der Waals surface area contributed by atoms with Crippen LogP contribution in [0.25, 0.3) is 0 Å². The van der Waals surface area contributed by atoms with Gasteiger partial charge in [-0.3, -0.25) is 4.79 Å². The maximum absolute atomic E-state index is 12.0. The molecule has 1 N–H and O–H groups in total. The molecule has 0 fully saturated rings. The van der Waals surface area contributed by atoms with Gasteiger partial charge in [0.2, 0.25) is 0 Å². The fraction of sp³-hybridized carbons (Fsp3) is 0.125. The van der Waals surface area contributed by atoms with Gasteiger partial charge in [-0.15, -0.1) is 0 Å². The van der Waals surface area contributed by atoms with Crippen LogP contribution in [-0.2, 0) is 0 Å². The highest BCUT2D eigenvalue weighted by molar-refractivity contribution is 6.30. The van der Waals surface area contributed by atoms with Gasteiger partial charge in [0.25, 0.3) is 5.91 Å². The highest BCUT2D eigenvalue weighted by Crippen LogP contribution is 2.27. The monoisotopic (exact) mass is 318 g/mol. The molecule has 0 atom stereocenters. The van der Waals surface area contributed by atoms with E-state index in [2.05, 4.69) is 10.5 Å². The van der Waals surface area contributed by atoms with E-state index >= 15 is 0 Å². The van der Waals surface area contributed by atoms with Crippen molar-refractivity contribution in [2.75, 3.05) is 14.2 Å². The normalized spacial score (nSPS) is 10.5. The van der Waals surface area contributed by atoms with Gasteiger partial charge in [0.15, 0.2) is 11.5 Å². The Balaban J connectivity index is 2.04. The number of rotatable bonds is 5. The van der Waals surface area contributed by atoms with E-state index in [4.69, 9.17) is 21.1 Å². The van der Waals surface area contributed by atoms with Gasteiger partial charge in [-0.1, -0.05) is 23.7 Å². The predicted molar refractivity (Wildman–Crippen MR) is 86.1 cm³/mol. The zero-order valence-corrected chi connectivity index (χ0v) is 12.9. The standard InChI is InChI=1S/C16H15ClN2O3/c1-21-14-8-5-12(9-15(14)22-2)16(20)19-18-10-11-3-6-13(17)7-4-11/h3-10H,1-2H3,(H,19,20)/b18-10+. The minimum absolute atomic E-state index is 0.342. The second-order valence-electron chi connectivity index (χ2n) is 4.32. The second-order valence-corrected chi connectivity index (χ2v) is 4.76. The van der Waals surface area contributed by atoms with E-state index in [-0.39, 0.29) is 5.91 Å². The van der Waals surface area contributed by atoms with Gasteiger partial charge < -0.3 is 9.47 Å². The summed E-state index contributed by atoms with van der Waals surface area (Å²) >= 11 is 5.79. The third-order valence-electron chi connectivity index (χ3n) is 2.90. The molecule has 0 aromatic heterocycles. The number of nitrogens with zero attached hydrogens (tertiary/aromatic N) is 1. The van der Waals surface area contributed by atoms with E-state index in [1.165, 1.54) is 20.4 Å². The number of hydrogen-bond donors (Lipinski definition) is 1. The molecule has 0 aliphatic heterocycles. The molecule has 114 valence electrons. The van der Waals surface area contributed by atoms with Crippen LogP contribution in [0.1, 0.15) is 15.9 Å². The summed E-state index contributed by atoms with van der Waals surface area (Å²) < 4.78 is 10.3. The third-order valence-corrected chi connectivity index (χ3v) is 3.15. The van der Waals surface area contributed by atoms with E-state index in [0.717, 1.165) is 5.56 Å². The zero-order valence-electron chi connectivity index (χ0n) is 12.2. The van der Waals surface area contributed by atoms with Crippen LogP contribution in [0.2, 0.25) is 5.02 Å². The molecule has 1 amide bonds. The molecular formula is C16H15ClN2O3. The summed E-state index contributed by atoms with van der Waals surface area (Å²) in [6.45, 7) is 0. The summed E-state index contributed by atoms with van der Waals surface area (Å²) in [5, 5.41) is 4.55. The largest absolute Gasteiger partial charge is 0.493 e. The molecule has 22 heavy (non-hydrogen) atoms. The SMILES string of the molecule is COc1ccc(C(=O)N/N=C/c2ccc(Cl)cc2)cc1OC. The van der Waals surface area contributed by atoms with Crippen molar-refractivity contribution < 1.29 is 14.3 Å². The molecule has 0 heterocycles. The van der Waals surface area contributed by atoms with Gasteiger partial charge in [0.05, 0.1) is 20.4 Å². The number of nitrogens with one attached hydrogen (secondary N) is 1. The van der Waals surface area contributed by atoms with Crippen molar-refractivity contribution in [1.82, 2.24) is 5.43 Å². The number of hydrogen-bond acceptors (Lipinski definition) is 4. The maximum atomic E-state index is 12.0. The summed E-state index contributed by atoms with van der Waals surface area (Å²) in [6, 6.07) is 12.0. The molecule has 0 saturated heterocycles. The predicted octanol–water partition coefficient (Wildman–Crippen LogP) is 3.12. The molecule has 0 radical (unpaired) electrons. The lowest BCUT2D eigenvalue weighted by molar-refractivity contribution is 0.0954. The number of carbonyl (C=O) groups is 1. The lowest BCUT2D eigenvalue weighted by atomic mass is 10.2. The van der Waals surface area contributed by atoms with Crippen molar-refractivity contribution in [2.45, 2.75) is 0 Å². The van der Waals surface area contributed by atoms with Crippen molar-refractivity contribution in [3.05, 3.63) is 58.6 Å². The smallest absolute Gasteiger partial charge is 0.271 e. The number of hydrazone groups is 1. The van der Waals surface area contributed by atoms with Crippen LogP contribution < -0.4 is 14.9 Å². The molecule has 0 aliphatic rings. The number of amides is 1. The summed E-state index contributed by atoms with van der Waals surface area (Å²) in [5.41, 5.74) is 3.70. The lowest BCUT2D eigenvalue weighted by Gasteiger charge is -2.08. The fourth-order valence-corrected chi connectivity index (χ4v) is 1.88. The molecule has 0 bridgehead atoms. The third kappa shape index (κ3) is 3.99. The highest BCUT2D eigenvalue weighted by Gasteiger charge is 2.09. The van der Waals surface area contributed by atoms with Gasteiger partial charge in [-0.2, -0.15) is 5.10 Å². The van der Waals surface area contributed by atoms with Crippen molar-refractivity contribution in [1.29, 1.82) is 0 Å². The van der Waals surface area contributed by atoms with Gasteiger partial charge in [-0.25, -0.2) is 5.43 Å². The Morgan fingerprint density at radius 2 is 1.77 bits per heavy atom. The van der Waals surface area contributed by atoms with E-state index in [0.29, 0.717) is 22.1 Å². The fourth-order valence-electron chi connectivity index (χ4n) is 1.76. The van der Waals surface area contributed by atoms with E-state index in [1.807, 2.05) is 0 Å². The lowest BCUT2D eigenvalue weighted by Crippen LogP contribution is -2.17. The highest BCUT2D eigenvalue weighted by atomic mass is 35.5. The van der Waals surface area contributed by atoms with Crippen molar-refractivity contribution in [3.8, 4) is 11.5 Å². The molecule has 2 rings (SSSR count). The first-order valence-electron chi connectivity index (χ1n) is 6.45. The van der Waals surface area contributed by atoms with Gasteiger partial charge in [0, 0.05) is 10.6 Å². The Labute approximate surface area is 133 Å². The number of halogens is 1. The van der Waals surface area contributed by atoms with E-state index in [1.54, 1.807) is 42.5 Å². The van der Waals surface area contributed by atoms with Crippen LogP contribution in [0.3, 0.4) is 0 Å². The van der Waals surface area contributed by atoms with Crippen LogP contribution >= 0.6 is 11.6 Å². The molecular weight excluding hydrogens is 304 g/mol. The molecule has 0 saturated carbocycles. The summed E-state index contributed by atoms with van der Waals surface area (Å²) in [7, 11) is 3.05. The van der Waals surface area contributed by atoms with Crippen LogP contribution in [-0.4, -0.2) is 26.3 Å². The van der Waals surface area contributed by atoms with Crippen LogP contribution in [0, 0.1) is 0 Å². The zero-order chi connectivity index (χ0) is 15.9. The maximum Gasteiger partial charge on any atom is 0.271 e. The average molecular weight is 319 g/mol. The van der Waals surface area contributed by atoms with Crippen LogP contribution in [0.5, 0.6) is 11.5 Å². The summed E-state index contributed by atoms with van der Waals surface area (Å²) in [5.74, 6) is 0.701. The van der Waals surface area contributed by atoms with E-state index in [9.17, 15) is 4.79 Å². The van der Waals surface area contributed by atoms with Crippen molar-refractivity contribution >= 4 is 23.7 Å². The average Bonchev–Trinajstić information content (AvgIpc) is 2.55. The Kier molecular flexibility index (Phi) is 5.38. The van der Waals surface area contributed by atoms with Gasteiger partial charge in [-0.05, 0) is 35.9 Å². The summed E-state index contributed by atoms with van der Waals surface area (Å²) in [4.78, 5) is 12.0. The summed E-state index contributed by atoms with van der Waals surface area (Å²) in [6.07, 6.45) is 1.54. The van der Waals surface area contributed by atoms with Gasteiger partial charge >= 0.3 is 0 Å². The molecule has 5 nitrogen and oxygen atoms in total. The molecule has 0 spiro atoms. The topological polar surface area (TPSA) is 59.9 Å². The molecule has 2 aromatic rings. The minimum Gasteiger partial charge on any atom is -0.493 e. The first-order valence-corrected chi connectivity index (χ1v) is 6.83. The Hall–Kier alpha value is -2.53. The van der Waals surface area contributed by atoms with Crippen molar-refractivity contribution in [3.63, 3.8) is 0 Å². The van der Waals surface area contributed by atoms with Crippen molar-refractivity contribution in [2.24, 2.45) is 5.10 Å². The Morgan fingerprint density at radius 3 is 2.41 bits per heavy atom. The number of benzene rings is 2. The van der Waals surface area contributed by atoms with Gasteiger partial charge in [0.1, 0.15) is 0 Å². The Morgan fingerprint density at radius 1 is 1.09 bits per heavy atom. The number of methoxy groups -OCH3 is 2. The van der Waals surface area contributed by atoms with Crippen LogP contribution in [0.4, 0.5) is 0 Å². The molecule has 0 aliphatic carbocycles. The number of carbonyl (C=O) groups excluding carboxylic acids is 1. The Bertz CT molecular complexity index is 684. The first kappa shape index (κ1) is 15.9. The molecule has 6 heteroatoms. The first-order chi connectivity index (χ1) is 10.6. The van der Waals surface area contributed by atoms with E-state index < -0.39 is 0 Å².